The lowest BCUT2D eigenvalue weighted by molar-refractivity contribution is -0.117. The van der Waals surface area contributed by atoms with E-state index in [0.29, 0.717) is 31.0 Å². The fourth-order valence-electron chi connectivity index (χ4n) is 3.02. The molecule has 0 bridgehead atoms. The molecule has 0 unspecified atom stereocenters. The van der Waals surface area contributed by atoms with Crippen molar-refractivity contribution in [3.05, 3.63) is 60.7 Å². The van der Waals surface area contributed by atoms with Crippen molar-refractivity contribution in [2.45, 2.75) is 24.7 Å². The Balaban J connectivity index is 1.82. The monoisotopic (exact) mass is 386 g/mol. The van der Waals surface area contributed by atoms with Crippen LogP contribution in [0.25, 0.3) is 0 Å². The summed E-state index contributed by atoms with van der Waals surface area (Å²) >= 11 is 0. The molecule has 1 N–H and O–H groups in total. The topological polar surface area (TPSA) is 75.7 Å². The number of hydrogen-bond donors (Lipinski definition) is 1. The van der Waals surface area contributed by atoms with Crippen LogP contribution in [0.2, 0.25) is 0 Å². The van der Waals surface area contributed by atoms with Gasteiger partial charge >= 0.3 is 0 Å². The molecule has 2 aromatic rings. The molecule has 0 aliphatic carbocycles. The molecule has 3 rings (SSSR count). The van der Waals surface area contributed by atoms with Crippen LogP contribution in [-0.4, -0.2) is 27.5 Å². The van der Waals surface area contributed by atoms with Gasteiger partial charge in [0, 0.05) is 24.7 Å². The molecule has 27 heavy (non-hydrogen) atoms. The largest absolute Gasteiger partial charge is 0.489 e. The summed E-state index contributed by atoms with van der Waals surface area (Å²) in [5, 5.41) is 0. The van der Waals surface area contributed by atoms with Gasteiger partial charge in [-0.3, -0.25) is 9.52 Å². The Morgan fingerprint density at radius 1 is 1.26 bits per heavy atom. The number of amides is 1. The van der Waals surface area contributed by atoms with Crippen molar-refractivity contribution in [1.29, 1.82) is 0 Å². The minimum Gasteiger partial charge on any atom is -0.489 e. The molecule has 7 heteroatoms. The number of anilines is 2. The third-order valence-electron chi connectivity index (χ3n) is 4.30. The van der Waals surface area contributed by atoms with Gasteiger partial charge < -0.3 is 9.64 Å². The lowest BCUT2D eigenvalue weighted by Crippen LogP contribution is -2.24. The average Bonchev–Trinajstić information content (AvgIpc) is 3.05. The molecule has 0 spiro atoms. The summed E-state index contributed by atoms with van der Waals surface area (Å²) in [6.45, 7) is 6.40. The molecular weight excluding hydrogens is 364 g/mol. The van der Waals surface area contributed by atoms with E-state index >= 15 is 0 Å². The zero-order valence-corrected chi connectivity index (χ0v) is 16.0. The van der Waals surface area contributed by atoms with Crippen LogP contribution in [0, 0.1) is 6.92 Å². The van der Waals surface area contributed by atoms with E-state index in [0.717, 1.165) is 17.7 Å². The Morgan fingerprint density at radius 2 is 2.07 bits per heavy atom. The van der Waals surface area contributed by atoms with Crippen molar-refractivity contribution in [3.63, 3.8) is 0 Å². The second-order valence-corrected chi connectivity index (χ2v) is 8.01. The van der Waals surface area contributed by atoms with Gasteiger partial charge in [0.1, 0.15) is 12.4 Å². The summed E-state index contributed by atoms with van der Waals surface area (Å²) in [5.74, 6) is 0.623. The highest BCUT2D eigenvalue weighted by atomic mass is 32.2. The molecule has 142 valence electrons. The zero-order chi connectivity index (χ0) is 19.4. The minimum atomic E-state index is -3.76. The molecule has 1 heterocycles. The van der Waals surface area contributed by atoms with E-state index in [2.05, 4.69) is 11.3 Å². The number of rotatable bonds is 7. The van der Waals surface area contributed by atoms with Crippen LogP contribution in [0.4, 0.5) is 11.4 Å². The highest BCUT2D eigenvalue weighted by Gasteiger charge is 2.24. The van der Waals surface area contributed by atoms with E-state index in [-0.39, 0.29) is 10.8 Å². The zero-order valence-electron chi connectivity index (χ0n) is 15.1. The molecule has 0 aromatic heterocycles. The fraction of sp³-hybridized carbons (Fsp3) is 0.250. The summed E-state index contributed by atoms with van der Waals surface area (Å²) < 4.78 is 33.4. The molecule has 2 aromatic carbocycles. The maximum Gasteiger partial charge on any atom is 0.261 e. The summed E-state index contributed by atoms with van der Waals surface area (Å²) in [7, 11) is -3.76. The first-order chi connectivity index (χ1) is 12.9. The van der Waals surface area contributed by atoms with E-state index in [1.54, 1.807) is 47.4 Å². The van der Waals surface area contributed by atoms with Gasteiger partial charge in [0.2, 0.25) is 5.91 Å². The summed E-state index contributed by atoms with van der Waals surface area (Å²) in [5.41, 5.74) is 1.92. The molecule has 1 saturated heterocycles. The van der Waals surface area contributed by atoms with Crippen LogP contribution in [0.15, 0.2) is 60.0 Å². The van der Waals surface area contributed by atoms with E-state index in [1.807, 2.05) is 6.92 Å². The van der Waals surface area contributed by atoms with Gasteiger partial charge in [0.05, 0.1) is 10.6 Å². The van der Waals surface area contributed by atoms with Crippen LogP contribution in [-0.2, 0) is 14.8 Å². The van der Waals surface area contributed by atoms with Crippen LogP contribution in [0.5, 0.6) is 5.75 Å². The van der Waals surface area contributed by atoms with Gasteiger partial charge in [0.25, 0.3) is 10.0 Å². The van der Waals surface area contributed by atoms with Crippen molar-refractivity contribution >= 4 is 27.3 Å². The molecule has 1 aliphatic rings. The lowest BCUT2D eigenvalue weighted by atomic mass is 10.2. The second kappa shape index (κ2) is 7.84. The van der Waals surface area contributed by atoms with Gasteiger partial charge in [0.15, 0.2) is 0 Å². The number of carbonyl (C=O) groups excluding carboxylic acids is 1. The van der Waals surface area contributed by atoms with Gasteiger partial charge in [-0.2, -0.15) is 0 Å². The van der Waals surface area contributed by atoms with Crippen molar-refractivity contribution in [2.24, 2.45) is 0 Å². The maximum absolute atomic E-state index is 12.7. The number of sulfonamides is 1. The smallest absolute Gasteiger partial charge is 0.261 e. The van der Waals surface area contributed by atoms with E-state index in [9.17, 15) is 13.2 Å². The average molecular weight is 386 g/mol. The molecular formula is C20H22N2O4S. The Labute approximate surface area is 159 Å². The van der Waals surface area contributed by atoms with Gasteiger partial charge in [-0.1, -0.05) is 18.7 Å². The van der Waals surface area contributed by atoms with E-state index in [4.69, 9.17) is 4.74 Å². The quantitative estimate of drug-likeness (QED) is 0.739. The van der Waals surface area contributed by atoms with Gasteiger partial charge in [-0.25, -0.2) is 8.42 Å². The normalized spacial score (nSPS) is 14.3. The number of hydrogen-bond acceptors (Lipinski definition) is 4. The van der Waals surface area contributed by atoms with Crippen LogP contribution >= 0.6 is 0 Å². The summed E-state index contributed by atoms with van der Waals surface area (Å²) in [4.78, 5) is 13.8. The third-order valence-corrected chi connectivity index (χ3v) is 5.68. The number of aryl methyl sites for hydroxylation is 1. The molecule has 0 atom stereocenters. The molecule has 1 aliphatic heterocycles. The second-order valence-electron chi connectivity index (χ2n) is 6.33. The highest BCUT2D eigenvalue weighted by Crippen LogP contribution is 2.28. The SMILES string of the molecule is C=CCOc1cccc(NS(=O)(=O)c2ccc(N3CCCC3=O)c(C)c2)c1. The molecule has 0 radical (unpaired) electrons. The maximum atomic E-state index is 12.7. The molecule has 0 saturated carbocycles. The van der Waals surface area contributed by atoms with Crippen LogP contribution in [0.1, 0.15) is 18.4 Å². The number of nitrogens with one attached hydrogen (secondary N) is 1. The predicted molar refractivity (Wildman–Crippen MR) is 106 cm³/mol. The molecule has 6 nitrogen and oxygen atoms in total. The van der Waals surface area contributed by atoms with Crippen molar-refractivity contribution in [1.82, 2.24) is 0 Å². The Morgan fingerprint density at radius 3 is 2.74 bits per heavy atom. The summed E-state index contributed by atoms with van der Waals surface area (Å²) in [6.07, 6.45) is 2.97. The van der Waals surface area contributed by atoms with Gasteiger partial charge in [-0.05, 0) is 49.2 Å². The van der Waals surface area contributed by atoms with Gasteiger partial charge in [-0.15, -0.1) is 0 Å². The van der Waals surface area contributed by atoms with Crippen molar-refractivity contribution in [3.8, 4) is 5.75 Å². The van der Waals surface area contributed by atoms with Crippen LogP contribution < -0.4 is 14.4 Å². The van der Waals surface area contributed by atoms with E-state index in [1.165, 1.54) is 6.07 Å². The Bertz CT molecular complexity index is 970. The fourth-order valence-corrected chi connectivity index (χ4v) is 4.15. The summed E-state index contributed by atoms with van der Waals surface area (Å²) in [6, 6.07) is 11.5. The highest BCUT2D eigenvalue weighted by molar-refractivity contribution is 7.92. The Kier molecular flexibility index (Phi) is 5.51. The first-order valence-corrected chi connectivity index (χ1v) is 10.2. The standard InChI is InChI=1S/C20H22N2O4S/c1-3-12-26-17-7-4-6-16(14-17)21-27(24,25)18-9-10-19(15(2)13-18)22-11-5-8-20(22)23/h3-4,6-7,9-10,13-14,21H,1,5,8,11-12H2,2H3. The van der Waals surface area contributed by atoms with Crippen molar-refractivity contribution < 1.29 is 17.9 Å². The first kappa shape index (κ1) is 19.0. The van der Waals surface area contributed by atoms with Crippen LogP contribution in [0.3, 0.4) is 0 Å². The van der Waals surface area contributed by atoms with E-state index < -0.39 is 10.0 Å². The Hall–Kier alpha value is -2.80. The minimum absolute atomic E-state index is 0.0724. The molecule has 1 fully saturated rings. The number of carbonyl (C=O) groups is 1. The number of nitrogens with zero attached hydrogens (tertiary/aromatic N) is 1. The first-order valence-electron chi connectivity index (χ1n) is 8.68. The predicted octanol–water partition coefficient (Wildman–Crippen LogP) is 3.49. The molecule has 1 amide bonds. The number of benzene rings is 2. The number of ether oxygens (including phenoxy) is 1. The van der Waals surface area contributed by atoms with Crippen molar-refractivity contribution in [2.75, 3.05) is 22.8 Å². The lowest BCUT2D eigenvalue weighted by Gasteiger charge is -2.19. The third kappa shape index (κ3) is 4.31.